The van der Waals surface area contributed by atoms with Gasteiger partial charge in [-0.25, -0.2) is 14.8 Å². The van der Waals surface area contributed by atoms with Crippen LogP contribution >= 0.6 is 11.6 Å². The fourth-order valence-electron chi connectivity index (χ4n) is 3.37. The van der Waals surface area contributed by atoms with Gasteiger partial charge in [0.2, 0.25) is 0 Å². The first kappa shape index (κ1) is 21.0. The van der Waals surface area contributed by atoms with Crippen LogP contribution in [0.5, 0.6) is 0 Å². The lowest BCUT2D eigenvalue weighted by Crippen LogP contribution is -2.05. The van der Waals surface area contributed by atoms with Crippen LogP contribution < -0.4 is 0 Å². The molecule has 0 N–H and O–H groups in total. The summed E-state index contributed by atoms with van der Waals surface area (Å²) in [4.78, 5) is 21.0. The number of nitrogens with zero attached hydrogens (tertiary/aromatic N) is 2. The molecule has 29 heavy (non-hydrogen) atoms. The molecule has 0 bridgehead atoms. The van der Waals surface area contributed by atoms with Crippen LogP contribution in [0.4, 0.5) is 0 Å². The van der Waals surface area contributed by atoms with E-state index in [2.05, 4.69) is 29.0 Å². The Morgan fingerprint density at radius 1 is 1.07 bits per heavy atom. The van der Waals surface area contributed by atoms with Crippen molar-refractivity contribution < 1.29 is 9.53 Å². The first-order valence-electron chi connectivity index (χ1n) is 9.82. The van der Waals surface area contributed by atoms with Crippen molar-refractivity contribution in [2.45, 2.75) is 39.5 Å². The zero-order chi connectivity index (χ0) is 20.8. The predicted octanol–water partition coefficient (Wildman–Crippen LogP) is 5.83. The first-order chi connectivity index (χ1) is 14.0. The summed E-state index contributed by atoms with van der Waals surface area (Å²) < 4.78 is 4.90. The SMILES string of the molecule is CCCCc1nc(C)nc(Cl)c1Cc1ccc(-c2ccccc2C(=O)OC)cc1. The van der Waals surface area contributed by atoms with Gasteiger partial charge in [0.25, 0.3) is 0 Å². The summed E-state index contributed by atoms with van der Waals surface area (Å²) in [6, 6.07) is 15.6. The zero-order valence-electron chi connectivity index (χ0n) is 17.0. The minimum absolute atomic E-state index is 0.339. The highest BCUT2D eigenvalue weighted by Gasteiger charge is 2.14. The molecule has 4 nitrogen and oxygen atoms in total. The van der Waals surface area contributed by atoms with Crippen molar-refractivity contribution in [2.24, 2.45) is 0 Å². The number of ether oxygens (including phenoxy) is 1. The van der Waals surface area contributed by atoms with Crippen molar-refractivity contribution in [2.75, 3.05) is 7.11 Å². The van der Waals surface area contributed by atoms with E-state index in [-0.39, 0.29) is 5.97 Å². The van der Waals surface area contributed by atoms with Gasteiger partial charge in [-0.2, -0.15) is 0 Å². The molecule has 0 saturated heterocycles. The van der Waals surface area contributed by atoms with Crippen LogP contribution in [-0.2, 0) is 17.6 Å². The molecule has 0 aliphatic carbocycles. The van der Waals surface area contributed by atoms with E-state index in [4.69, 9.17) is 16.3 Å². The number of rotatable bonds is 7. The van der Waals surface area contributed by atoms with E-state index in [1.165, 1.54) is 7.11 Å². The summed E-state index contributed by atoms with van der Waals surface area (Å²) in [5, 5.41) is 0.531. The van der Waals surface area contributed by atoms with Crippen molar-refractivity contribution in [3.05, 3.63) is 81.9 Å². The van der Waals surface area contributed by atoms with E-state index in [9.17, 15) is 4.79 Å². The second kappa shape index (κ2) is 9.66. The number of hydrogen-bond acceptors (Lipinski definition) is 4. The Labute approximate surface area is 176 Å². The number of benzene rings is 2. The Morgan fingerprint density at radius 2 is 1.79 bits per heavy atom. The van der Waals surface area contributed by atoms with Gasteiger partial charge in [0, 0.05) is 17.7 Å². The maximum Gasteiger partial charge on any atom is 0.338 e. The molecule has 3 rings (SSSR count). The van der Waals surface area contributed by atoms with Gasteiger partial charge in [0.1, 0.15) is 11.0 Å². The summed E-state index contributed by atoms with van der Waals surface area (Å²) in [6.07, 6.45) is 3.76. The number of aryl methyl sites for hydroxylation is 2. The third kappa shape index (κ3) is 5.01. The number of hydrogen-bond donors (Lipinski definition) is 0. The minimum Gasteiger partial charge on any atom is -0.465 e. The van der Waals surface area contributed by atoms with E-state index in [1.54, 1.807) is 6.07 Å². The molecular weight excluding hydrogens is 384 g/mol. The Bertz CT molecular complexity index is 1000. The standard InChI is InChI=1S/C24H25ClN2O2/c1-4-5-10-22-21(23(25)27-16(2)26-22)15-17-11-13-18(14-12-17)19-8-6-7-9-20(19)24(28)29-3/h6-9,11-14H,4-5,10,15H2,1-3H3. The molecule has 150 valence electrons. The lowest BCUT2D eigenvalue weighted by atomic mass is 9.96. The minimum atomic E-state index is -0.339. The number of halogens is 1. The molecule has 0 aliphatic rings. The van der Waals surface area contributed by atoms with Crippen molar-refractivity contribution >= 4 is 17.6 Å². The molecule has 0 radical (unpaired) electrons. The lowest BCUT2D eigenvalue weighted by Gasteiger charge is -2.12. The molecule has 0 fully saturated rings. The molecular formula is C24H25ClN2O2. The normalized spacial score (nSPS) is 10.8. The number of methoxy groups -OCH3 is 1. The number of aromatic nitrogens is 2. The second-order valence-electron chi connectivity index (χ2n) is 7.00. The molecule has 5 heteroatoms. The smallest absolute Gasteiger partial charge is 0.338 e. The molecule has 0 spiro atoms. The number of carbonyl (C=O) groups excluding carboxylic acids is 1. The zero-order valence-corrected chi connectivity index (χ0v) is 17.8. The summed E-state index contributed by atoms with van der Waals surface area (Å²) in [7, 11) is 1.39. The fourth-order valence-corrected chi connectivity index (χ4v) is 3.67. The van der Waals surface area contributed by atoms with Crippen LogP contribution in [0.1, 0.15) is 52.8 Å². The van der Waals surface area contributed by atoms with Crippen molar-refractivity contribution in [3.8, 4) is 11.1 Å². The lowest BCUT2D eigenvalue weighted by molar-refractivity contribution is 0.0601. The Kier molecular flexibility index (Phi) is 6.99. The average molecular weight is 409 g/mol. The van der Waals surface area contributed by atoms with E-state index >= 15 is 0 Å². The number of unbranched alkanes of at least 4 members (excludes halogenated alkanes) is 1. The maximum atomic E-state index is 12.1. The Morgan fingerprint density at radius 3 is 2.48 bits per heavy atom. The Hall–Kier alpha value is -2.72. The van der Waals surface area contributed by atoms with Gasteiger partial charge >= 0.3 is 5.97 Å². The van der Waals surface area contributed by atoms with Crippen LogP contribution in [0.25, 0.3) is 11.1 Å². The predicted molar refractivity (Wildman–Crippen MR) is 116 cm³/mol. The van der Waals surface area contributed by atoms with Crippen LogP contribution in [-0.4, -0.2) is 23.0 Å². The average Bonchev–Trinajstić information content (AvgIpc) is 2.74. The molecule has 0 unspecified atom stereocenters. The van der Waals surface area contributed by atoms with Gasteiger partial charge in [-0.15, -0.1) is 0 Å². The third-order valence-electron chi connectivity index (χ3n) is 4.90. The highest BCUT2D eigenvalue weighted by atomic mass is 35.5. The summed E-state index contributed by atoms with van der Waals surface area (Å²) in [5.41, 5.74) is 5.52. The van der Waals surface area contributed by atoms with Gasteiger partial charge in [-0.1, -0.05) is 67.4 Å². The van der Waals surface area contributed by atoms with E-state index < -0.39 is 0 Å². The highest BCUT2D eigenvalue weighted by molar-refractivity contribution is 6.30. The molecule has 0 saturated carbocycles. The quantitative estimate of drug-likeness (QED) is 0.364. The van der Waals surface area contributed by atoms with Crippen molar-refractivity contribution in [1.82, 2.24) is 9.97 Å². The van der Waals surface area contributed by atoms with Crippen molar-refractivity contribution in [3.63, 3.8) is 0 Å². The molecule has 0 amide bonds. The van der Waals surface area contributed by atoms with Gasteiger partial charge in [-0.05, 0) is 42.5 Å². The fraction of sp³-hybridized carbons (Fsp3) is 0.292. The number of esters is 1. The van der Waals surface area contributed by atoms with Gasteiger partial charge in [0.15, 0.2) is 0 Å². The molecule has 0 aliphatic heterocycles. The maximum absolute atomic E-state index is 12.1. The summed E-state index contributed by atoms with van der Waals surface area (Å²) in [5.74, 6) is 0.369. The molecule has 1 aromatic heterocycles. The summed E-state index contributed by atoms with van der Waals surface area (Å²) >= 11 is 6.46. The molecule has 0 atom stereocenters. The third-order valence-corrected chi connectivity index (χ3v) is 5.21. The second-order valence-corrected chi connectivity index (χ2v) is 7.36. The van der Waals surface area contributed by atoms with Crippen molar-refractivity contribution in [1.29, 1.82) is 0 Å². The number of carbonyl (C=O) groups is 1. The molecule has 3 aromatic rings. The van der Waals surface area contributed by atoms with Crippen LogP contribution in [0, 0.1) is 6.92 Å². The van der Waals surface area contributed by atoms with E-state index in [1.807, 2.05) is 37.3 Å². The van der Waals surface area contributed by atoms with Gasteiger partial charge < -0.3 is 4.74 Å². The molecule has 2 aromatic carbocycles. The monoisotopic (exact) mass is 408 g/mol. The van der Waals surface area contributed by atoms with Gasteiger partial charge in [-0.3, -0.25) is 0 Å². The van der Waals surface area contributed by atoms with Crippen LogP contribution in [0.2, 0.25) is 5.15 Å². The van der Waals surface area contributed by atoms with E-state index in [0.29, 0.717) is 23.0 Å². The first-order valence-corrected chi connectivity index (χ1v) is 10.2. The van der Waals surface area contributed by atoms with Gasteiger partial charge in [0.05, 0.1) is 12.7 Å². The molecule has 1 heterocycles. The Balaban J connectivity index is 1.89. The van der Waals surface area contributed by atoms with E-state index in [0.717, 1.165) is 47.2 Å². The van der Waals surface area contributed by atoms with Crippen LogP contribution in [0.3, 0.4) is 0 Å². The largest absolute Gasteiger partial charge is 0.465 e. The highest BCUT2D eigenvalue weighted by Crippen LogP contribution is 2.27. The topological polar surface area (TPSA) is 52.1 Å². The van der Waals surface area contributed by atoms with Crippen LogP contribution in [0.15, 0.2) is 48.5 Å². The summed E-state index contributed by atoms with van der Waals surface area (Å²) in [6.45, 7) is 4.04.